The van der Waals surface area contributed by atoms with Crippen LogP contribution in [0.3, 0.4) is 0 Å². The number of anilines is 1. The van der Waals surface area contributed by atoms with E-state index in [4.69, 9.17) is 4.74 Å². The van der Waals surface area contributed by atoms with E-state index in [1.54, 1.807) is 25.1 Å². The Morgan fingerprint density at radius 1 is 1.16 bits per heavy atom. The maximum absolute atomic E-state index is 12.8. The lowest BCUT2D eigenvalue weighted by molar-refractivity contribution is -0.496. The molecule has 8 heteroatoms. The molecule has 2 aromatic carbocycles. The standard InChI is InChI=1S/C17H20N2O5S/c1-4-24-15-7-10-17(14(11-15)12-19(20)21)18(3)25(22,23)16-8-5-13(2)6-9-16/h5-11H,4,12H2,1-3H3. The summed E-state index contributed by atoms with van der Waals surface area (Å²) in [5, 5.41) is 11.0. The van der Waals surface area contributed by atoms with Crippen LogP contribution in [0.2, 0.25) is 0 Å². The third-order valence-electron chi connectivity index (χ3n) is 3.68. The average molecular weight is 364 g/mol. The predicted octanol–water partition coefficient (Wildman–Crippen LogP) is 3.00. The number of benzene rings is 2. The monoisotopic (exact) mass is 364 g/mol. The van der Waals surface area contributed by atoms with Gasteiger partial charge in [0, 0.05) is 12.0 Å². The second-order valence-electron chi connectivity index (χ2n) is 5.50. The van der Waals surface area contributed by atoms with Crippen LogP contribution < -0.4 is 9.04 Å². The fourth-order valence-corrected chi connectivity index (χ4v) is 3.62. The van der Waals surface area contributed by atoms with Crippen LogP contribution in [0.1, 0.15) is 18.1 Å². The van der Waals surface area contributed by atoms with Crippen molar-refractivity contribution in [3.05, 3.63) is 63.7 Å². The highest BCUT2D eigenvalue weighted by Crippen LogP contribution is 2.29. The van der Waals surface area contributed by atoms with Gasteiger partial charge in [0.05, 0.1) is 22.8 Å². The number of sulfonamides is 1. The molecule has 0 amide bonds. The number of rotatable bonds is 7. The van der Waals surface area contributed by atoms with E-state index in [-0.39, 0.29) is 16.1 Å². The van der Waals surface area contributed by atoms with Crippen LogP contribution in [-0.4, -0.2) is 27.0 Å². The van der Waals surface area contributed by atoms with E-state index in [0.29, 0.717) is 12.4 Å². The van der Waals surface area contributed by atoms with Crippen molar-refractivity contribution in [3.8, 4) is 5.75 Å². The van der Waals surface area contributed by atoms with Gasteiger partial charge in [0.25, 0.3) is 10.0 Å². The number of hydrogen-bond acceptors (Lipinski definition) is 5. The van der Waals surface area contributed by atoms with E-state index in [0.717, 1.165) is 9.87 Å². The fraction of sp³-hybridized carbons (Fsp3) is 0.294. The molecule has 0 aliphatic rings. The zero-order valence-electron chi connectivity index (χ0n) is 14.3. The van der Waals surface area contributed by atoms with E-state index in [2.05, 4.69) is 0 Å². The summed E-state index contributed by atoms with van der Waals surface area (Å²) in [6.07, 6.45) is 0. The Hall–Kier alpha value is -2.61. The highest BCUT2D eigenvalue weighted by molar-refractivity contribution is 7.92. The van der Waals surface area contributed by atoms with Crippen molar-refractivity contribution < 1.29 is 18.1 Å². The Morgan fingerprint density at radius 2 is 1.80 bits per heavy atom. The smallest absolute Gasteiger partial charge is 0.264 e. The third-order valence-corrected chi connectivity index (χ3v) is 5.47. The van der Waals surface area contributed by atoms with Crippen LogP contribution >= 0.6 is 0 Å². The number of ether oxygens (including phenoxy) is 1. The first kappa shape index (κ1) is 18.7. The molecule has 0 aliphatic carbocycles. The van der Waals surface area contributed by atoms with Gasteiger partial charge in [-0.25, -0.2) is 8.42 Å². The molecule has 0 saturated heterocycles. The molecule has 0 heterocycles. The van der Waals surface area contributed by atoms with Crippen LogP contribution in [0.5, 0.6) is 5.75 Å². The molecule has 0 atom stereocenters. The van der Waals surface area contributed by atoms with Gasteiger partial charge >= 0.3 is 0 Å². The first-order valence-corrected chi connectivity index (χ1v) is 9.13. The van der Waals surface area contributed by atoms with E-state index in [1.807, 2.05) is 6.92 Å². The summed E-state index contributed by atoms with van der Waals surface area (Å²) in [5.74, 6) is 0.462. The molecule has 0 saturated carbocycles. The topological polar surface area (TPSA) is 89.8 Å². The van der Waals surface area contributed by atoms with Crippen molar-refractivity contribution in [2.75, 3.05) is 18.0 Å². The van der Waals surface area contributed by atoms with Gasteiger partial charge in [-0.2, -0.15) is 0 Å². The van der Waals surface area contributed by atoms with Gasteiger partial charge in [0.15, 0.2) is 0 Å². The quantitative estimate of drug-likeness (QED) is 0.556. The zero-order chi connectivity index (χ0) is 18.6. The molecule has 0 N–H and O–H groups in total. The highest BCUT2D eigenvalue weighted by atomic mass is 32.2. The van der Waals surface area contributed by atoms with Gasteiger partial charge in [-0.15, -0.1) is 0 Å². The maximum atomic E-state index is 12.8. The second kappa shape index (κ2) is 7.52. The molecule has 25 heavy (non-hydrogen) atoms. The van der Waals surface area contributed by atoms with Crippen molar-refractivity contribution in [1.29, 1.82) is 0 Å². The lowest BCUT2D eigenvalue weighted by Gasteiger charge is -2.22. The van der Waals surface area contributed by atoms with E-state index >= 15 is 0 Å². The largest absolute Gasteiger partial charge is 0.494 e. The summed E-state index contributed by atoms with van der Waals surface area (Å²) in [6, 6.07) is 11.1. The van der Waals surface area contributed by atoms with Crippen molar-refractivity contribution >= 4 is 15.7 Å². The molecule has 134 valence electrons. The maximum Gasteiger partial charge on any atom is 0.264 e. The summed E-state index contributed by atoms with van der Waals surface area (Å²) in [7, 11) is -2.44. The Labute approximate surface area is 147 Å². The number of nitro groups is 1. The Balaban J connectivity index is 2.47. The van der Waals surface area contributed by atoms with Crippen molar-refractivity contribution in [1.82, 2.24) is 0 Å². The minimum Gasteiger partial charge on any atom is -0.494 e. The average Bonchev–Trinajstić information content (AvgIpc) is 2.54. The number of aryl methyl sites for hydroxylation is 1. The molecule has 0 aliphatic heterocycles. The number of hydrogen-bond donors (Lipinski definition) is 0. The first-order chi connectivity index (χ1) is 11.8. The molecule has 2 rings (SSSR count). The van der Waals surface area contributed by atoms with E-state index in [1.165, 1.54) is 31.3 Å². The zero-order valence-corrected chi connectivity index (χ0v) is 15.1. The lowest BCUT2D eigenvalue weighted by atomic mass is 10.1. The normalized spacial score (nSPS) is 11.2. The summed E-state index contributed by atoms with van der Waals surface area (Å²) < 4.78 is 32.1. The van der Waals surface area contributed by atoms with Crippen molar-refractivity contribution in [2.45, 2.75) is 25.3 Å². The van der Waals surface area contributed by atoms with Crippen LogP contribution in [0.25, 0.3) is 0 Å². The molecule has 0 unspecified atom stereocenters. The molecule has 0 radical (unpaired) electrons. The summed E-state index contributed by atoms with van der Waals surface area (Å²) in [6.45, 7) is 3.58. The molecule has 2 aromatic rings. The molecule has 7 nitrogen and oxygen atoms in total. The molecular weight excluding hydrogens is 344 g/mol. The lowest BCUT2D eigenvalue weighted by Crippen LogP contribution is -2.27. The van der Waals surface area contributed by atoms with E-state index < -0.39 is 21.5 Å². The Morgan fingerprint density at radius 3 is 2.36 bits per heavy atom. The third kappa shape index (κ3) is 4.27. The Bertz CT molecular complexity index is 863. The van der Waals surface area contributed by atoms with Crippen LogP contribution in [0, 0.1) is 17.0 Å². The highest BCUT2D eigenvalue weighted by Gasteiger charge is 2.24. The molecule has 0 spiro atoms. The van der Waals surface area contributed by atoms with Gasteiger partial charge in [0.2, 0.25) is 6.54 Å². The molecular formula is C17H20N2O5S. The van der Waals surface area contributed by atoms with Gasteiger partial charge in [-0.1, -0.05) is 17.7 Å². The Kier molecular flexibility index (Phi) is 5.63. The van der Waals surface area contributed by atoms with Crippen molar-refractivity contribution in [3.63, 3.8) is 0 Å². The van der Waals surface area contributed by atoms with Gasteiger partial charge in [-0.3, -0.25) is 14.4 Å². The van der Waals surface area contributed by atoms with Crippen LogP contribution in [0.4, 0.5) is 5.69 Å². The van der Waals surface area contributed by atoms with Crippen LogP contribution in [-0.2, 0) is 16.6 Å². The summed E-state index contributed by atoms with van der Waals surface area (Å²) in [4.78, 5) is 10.6. The molecule has 0 bridgehead atoms. The van der Waals surface area contributed by atoms with Crippen molar-refractivity contribution in [2.24, 2.45) is 0 Å². The van der Waals surface area contributed by atoms with Gasteiger partial charge in [-0.05, 0) is 44.2 Å². The van der Waals surface area contributed by atoms with Gasteiger partial charge in [0.1, 0.15) is 5.75 Å². The van der Waals surface area contributed by atoms with Gasteiger partial charge < -0.3 is 4.74 Å². The number of nitrogens with zero attached hydrogens (tertiary/aromatic N) is 2. The minimum absolute atomic E-state index is 0.126. The first-order valence-electron chi connectivity index (χ1n) is 7.69. The SMILES string of the molecule is CCOc1ccc(N(C)S(=O)(=O)c2ccc(C)cc2)c(C[N+](=O)[O-])c1. The molecule has 0 aromatic heterocycles. The minimum atomic E-state index is -3.82. The van der Waals surface area contributed by atoms with Crippen LogP contribution in [0.15, 0.2) is 47.4 Å². The fourth-order valence-electron chi connectivity index (χ4n) is 2.39. The summed E-state index contributed by atoms with van der Waals surface area (Å²) in [5.41, 5.74) is 1.46. The molecule has 0 fully saturated rings. The predicted molar refractivity (Wildman–Crippen MR) is 95.1 cm³/mol. The van der Waals surface area contributed by atoms with E-state index in [9.17, 15) is 18.5 Å². The second-order valence-corrected chi connectivity index (χ2v) is 7.47. The summed E-state index contributed by atoms with van der Waals surface area (Å²) >= 11 is 0.